The van der Waals surface area contributed by atoms with Crippen LogP contribution in [0.1, 0.15) is 26.3 Å². The lowest BCUT2D eigenvalue weighted by molar-refractivity contribution is -0.142. The minimum Gasteiger partial charge on any atom is -0.452 e. The Hall–Kier alpha value is -3.49. The fraction of sp³-hybridized carbons (Fsp3) is 0.259. The van der Waals surface area contributed by atoms with Crippen molar-refractivity contribution in [2.45, 2.75) is 25.7 Å². The first-order chi connectivity index (χ1) is 16.8. The number of anilines is 1. The number of carbonyl (C=O) groups excluding carboxylic acids is 2. The quantitative estimate of drug-likeness (QED) is 0.307. The van der Waals surface area contributed by atoms with Crippen molar-refractivity contribution < 1.29 is 22.7 Å². The molecule has 7 nitrogen and oxygen atoms in total. The summed E-state index contributed by atoms with van der Waals surface area (Å²) < 4.78 is 31.7. The summed E-state index contributed by atoms with van der Waals surface area (Å²) in [6.07, 6.45) is 2.73. The van der Waals surface area contributed by atoms with Crippen LogP contribution in [0.3, 0.4) is 0 Å². The van der Waals surface area contributed by atoms with Gasteiger partial charge in [-0.25, -0.2) is 13.2 Å². The summed E-state index contributed by atoms with van der Waals surface area (Å²) in [5, 5.41) is 1.97. The molecular weight excluding hydrogens is 464 g/mol. The Balaban J connectivity index is 1.62. The number of nitrogens with zero attached hydrogens (tertiary/aromatic N) is 2. The number of hydrogen-bond donors (Lipinski definition) is 0. The summed E-state index contributed by atoms with van der Waals surface area (Å²) in [7, 11) is -3.54. The normalized spacial score (nSPS) is 11.8. The van der Waals surface area contributed by atoms with Gasteiger partial charge in [-0.1, -0.05) is 62.4 Å². The Morgan fingerprint density at radius 3 is 2.17 bits per heavy atom. The minimum absolute atomic E-state index is 0.194. The summed E-state index contributed by atoms with van der Waals surface area (Å²) in [5.41, 5.74) is 1.40. The number of ether oxygens (including phenoxy) is 1. The van der Waals surface area contributed by atoms with Crippen LogP contribution in [0.25, 0.3) is 16.8 Å². The van der Waals surface area contributed by atoms with Gasteiger partial charge in [-0.2, -0.15) is 4.31 Å². The highest BCUT2D eigenvalue weighted by Gasteiger charge is 2.21. The van der Waals surface area contributed by atoms with Crippen LogP contribution in [0.4, 0.5) is 5.69 Å². The Morgan fingerprint density at radius 1 is 0.857 bits per heavy atom. The number of benzene rings is 3. The Labute approximate surface area is 206 Å². The molecule has 3 rings (SSSR count). The zero-order valence-corrected chi connectivity index (χ0v) is 21.0. The molecule has 0 atom stereocenters. The van der Waals surface area contributed by atoms with Gasteiger partial charge in [0.2, 0.25) is 10.0 Å². The smallest absolute Gasteiger partial charge is 0.331 e. The summed E-state index contributed by atoms with van der Waals surface area (Å²) in [6.45, 7) is 6.27. The van der Waals surface area contributed by atoms with Crippen LogP contribution in [-0.4, -0.2) is 50.8 Å². The molecule has 184 valence electrons. The van der Waals surface area contributed by atoms with E-state index >= 15 is 0 Å². The molecule has 0 unspecified atom stereocenters. The second-order valence-electron chi connectivity index (χ2n) is 7.74. The van der Waals surface area contributed by atoms with Gasteiger partial charge >= 0.3 is 5.97 Å². The second-order valence-corrected chi connectivity index (χ2v) is 9.67. The Bertz CT molecular complexity index is 1310. The molecule has 3 aromatic rings. The van der Waals surface area contributed by atoms with Gasteiger partial charge in [0.15, 0.2) is 6.61 Å². The molecule has 0 fully saturated rings. The minimum atomic E-state index is -3.54. The zero-order chi connectivity index (χ0) is 25.4. The van der Waals surface area contributed by atoms with E-state index in [1.54, 1.807) is 30.9 Å². The standard InChI is InChI=1S/C27H30N2O5S/c1-4-28(5-2)35(32,33)23-17-14-21(15-18-23)16-19-27(31)34-20-26(30)29(6-3)25-13-9-11-22-10-7-8-12-24(22)25/h7-19H,4-6,20H2,1-3H3. The van der Waals surface area contributed by atoms with E-state index in [2.05, 4.69) is 0 Å². The summed E-state index contributed by atoms with van der Waals surface area (Å²) >= 11 is 0. The lowest BCUT2D eigenvalue weighted by Crippen LogP contribution is -2.34. The lowest BCUT2D eigenvalue weighted by Gasteiger charge is -2.22. The molecule has 0 N–H and O–H groups in total. The third kappa shape index (κ3) is 6.15. The van der Waals surface area contributed by atoms with E-state index in [9.17, 15) is 18.0 Å². The predicted octanol–water partition coefficient (Wildman–Crippen LogP) is 4.48. The first-order valence-corrected chi connectivity index (χ1v) is 13.0. The molecule has 0 saturated carbocycles. The molecule has 0 aliphatic heterocycles. The van der Waals surface area contributed by atoms with E-state index in [4.69, 9.17) is 4.74 Å². The van der Waals surface area contributed by atoms with Crippen molar-refractivity contribution in [3.63, 3.8) is 0 Å². The van der Waals surface area contributed by atoms with E-state index in [0.29, 0.717) is 25.2 Å². The molecular formula is C27H30N2O5S. The second kappa shape index (κ2) is 11.8. The molecule has 0 radical (unpaired) electrons. The number of amides is 1. The first-order valence-electron chi connectivity index (χ1n) is 11.5. The zero-order valence-electron chi connectivity index (χ0n) is 20.2. The third-order valence-electron chi connectivity index (χ3n) is 5.65. The van der Waals surface area contributed by atoms with Crippen molar-refractivity contribution in [1.29, 1.82) is 0 Å². The fourth-order valence-electron chi connectivity index (χ4n) is 3.81. The van der Waals surface area contributed by atoms with Crippen LogP contribution in [0, 0.1) is 0 Å². The van der Waals surface area contributed by atoms with Crippen molar-refractivity contribution in [3.8, 4) is 0 Å². The number of likely N-dealkylation sites (N-methyl/N-ethyl adjacent to an activating group) is 1. The van der Waals surface area contributed by atoms with Crippen molar-refractivity contribution in [3.05, 3.63) is 78.4 Å². The van der Waals surface area contributed by atoms with Gasteiger partial charge < -0.3 is 9.64 Å². The molecule has 0 bridgehead atoms. The monoisotopic (exact) mass is 494 g/mol. The molecule has 8 heteroatoms. The number of esters is 1. The number of hydrogen-bond acceptors (Lipinski definition) is 5. The number of fused-ring (bicyclic) bond motifs is 1. The van der Waals surface area contributed by atoms with E-state index in [-0.39, 0.29) is 17.4 Å². The van der Waals surface area contributed by atoms with Crippen LogP contribution < -0.4 is 4.90 Å². The Kier molecular flexibility index (Phi) is 8.78. The summed E-state index contributed by atoms with van der Waals surface area (Å²) in [5.74, 6) is -0.983. The van der Waals surface area contributed by atoms with E-state index < -0.39 is 16.0 Å². The molecule has 3 aromatic carbocycles. The summed E-state index contributed by atoms with van der Waals surface area (Å²) in [4.78, 5) is 26.8. The van der Waals surface area contributed by atoms with E-state index in [1.165, 1.54) is 28.6 Å². The van der Waals surface area contributed by atoms with Gasteiger partial charge in [0, 0.05) is 31.1 Å². The van der Waals surface area contributed by atoms with Crippen molar-refractivity contribution in [2.75, 3.05) is 31.1 Å². The number of rotatable bonds is 10. The lowest BCUT2D eigenvalue weighted by atomic mass is 10.1. The maximum Gasteiger partial charge on any atom is 0.331 e. The average Bonchev–Trinajstić information content (AvgIpc) is 2.87. The van der Waals surface area contributed by atoms with Crippen molar-refractivity contribution >= 4 is 44.4 Å². The Morgan fingerprint density at radius 2 is 1.51 bits per heavy atom. The van der Waals surface area contributed by atoms with E-state index in [0.717, 1.165) is 16.5 Å². The van der Waals surface area contributed by atoms with Gasteiger partial charge in [-0.3, -0.25) is 4.79 Å². The molecule has 0 aromatic heterocycles. The number of carbonyl (C=O) groups is 2. The SMILES string of the molecule is CCN(C(=O)COC(=O)C=Cc1ccc(S(=O)(=O)N(CC)CC)cc1)c1cccc2ccccc12. The third-order valence-corrected chi connectivity index (χ3v) is 7.71. The van der Waals surface area contributed by atoms with Crippen molar-refractivity contribution in [1.82, 2.24) is 4.31 Å². The van der Waals surface area contributed by atoms with E-state index in [1.807, 2.05) is 49.4 Å². The van der Waals surface area contributed by atoms with Crippen LogP contribution >= 0.6 is 0 Å². The van der Waals surface area contributed by atoms with Gasteiger partial charge in [0.1, 0.15) is 0 Å². The average molecular weight is 495 g/mol. The van der Waals surface area contributed by atoms with Gasteiger partial charge in [0.05, 0.1) is 10.6 Å². The topological polar surface area (TPSA) is 84.0 Å². The highest BCUT2D eigenvalue weighted by Crippen LogP contribution is 2.26. The van der Waals surface area contributed by atoms with Gasteiger partial charge in [-0.05, 0) is 42.1 Å². The predicted molar refractivity (Wildman–Crippen MR) is 139 cm³/mol. The van der Waals surface area contributed by atoms with Crippen LogP contribution in [0.5, 0.6) is 0 Å². The van der Waals surface area contributed by atoms with Gasteiger partial charge in [0.25, 0.3) is 5.91 Å². The van der Waals surface area contributed by atoms with Crippen LogP contribution in [0.2, 0.25) is 0 Å². The molecule has 0 heterocycles. The maximum absolute atomic E-state index is 12.8. The molecule has 0 aliphatic carbocycles. The molecule has 0 saturated heterocycles. The summed E-state index contributed by atoms with van der Waals surface area (Å²) in [6, 6.07) is 19.8. The fourth-order valence-corrected chi connectivity index (χ4v) is 5.27. The largest absolute Gasteiger partial charge is 0.452 e. The molecule has 0 aliphatic rings. The van der Waals surface area contributed by atoms with Gasteiger partial charge in [-0.15, -0.1) is 0 Å². The molecule has 0 spiro atoms. The molecule has 1 amide bonds. The van der Waals surface area contributed by atoms with Crippen LogP contribution in [0.15, 0.2) is 77.7 Å². The molecule has 35 heavy (non-hydrogen) atoms. The highest BCUT2D eigenvalue weighted by atomic mass is 32.2. The van der Waals surface area contributed by atoms with Crippen molar-refractivity contribution in [2.24, 2.45) is 0 Å². The first kappa shape index (κ1) is 26.1. The van der Waals surface area contributed by atoms with Crippen LogP contribution in [-0.2, 0) is 24.3 Å². The number of sulfonamides is 1. The highest BCUT2D eigenvalue weighted by molar-refractivity contribution is 7.89. The maximum atomic E-state index is 12.8.